The average molecular weight is 310 g/mol. The molecule has 1 aromatic rings. The summed E-state index contributed by atoms with van der Waals surface area (Å²) in [6.07, 6.45) is 4.33. The first-order valence-electron chi connectivity index (χ1n) is 8.07. The van der Waals surface area contributed by atoms with Crippen LogP contribution in [0.3, 0.4) is 0 Å². The van der Waals surface area contributed by atoms with Crippen molar-refractivity contribution in [2.24, 2.45) is 0 Å². The van der Waals surface area contributed by atoms with Gasteiger partial charge in [-0.3, -0.25) is 4.79 Å². The minimum Gasteiger partial charge on any atom is -0.351 e. The van der Waals surface area contributed by atoms with E-state index in [0.717, 1.165) is 43.9 Å². The first-order chi connectivity index (χ1) is 10.6. The van der Waals surface area contributed by atoms with Gasteiger partial charge in [-0.15, -0.1) is 0 Å². The van der Waals surface area contributed by atoms with E-state index in [2.05, 4.69) is 17.6 Å². The summed E-state index contributed by atoms with van der Waals surface area (Å²) in [4.78, 5) is 12.0. The van der Waals surface area contributed by atoms with Gasteiger partial charge in [0.15, 0.2) is 11.6 Å². The number of nitrogens with one attached hydrogen (secondary N) is 2. The second-order valence-corrected chi connectivity index (χ2v) is 5.90. The number of unbranched alkanes of at least 4 members (excludes halogenated alkanes) is 2. The molecule has 1 amide bonds. The standard InChI is InChI=1S/C17H24F2N2O/c1-2-3-4-5-17(22)21-16-11-20-9-8-13(16)12-6-7-14(18)15(19)10-12/h6-7,10,13,16,20H,2-5,8-9,11H2,1H3,(H,21,22). The lowest BCUT2D eigenvalue weighted by Crippen LogP contribution is -2.50. The summed E-state index contributed by atoms with van der Waals surface area (Å²) in [7, 11) is 0. The van der Waals surface area contributed by atoms with E-state index in [1.165, 1.54) is 6.07 Å². The van der Waals surface area contributed by atoms with Crippen LogP contribution in [-0.2, 0) is 4.79 Å². The summed E-state index contributed by atoms with van der Waals surface area (Å²) in [6.45, 7) is 3.57. The van der Waals surface area contributed by atoms with Gasteiger partial charge in [0.25, 0.3) is 0 Å². The molecule has 0 aliphatic carbocycles. The van der Waals surface area contributed by atoms with Crippen LogP contribution in [0.2, 0.25) is 0 Å². The third-order valence-corrected chi connectivity index (χ3v) is 4.21. The topological polar surface area (TPSA) is 41.1 Å². The van der Waals surface area contributed by atoms with E-state index in [1.54, 1.807) is 6.07 Å². The zero-order valence-electron chi connectivity index (χ0n) is 13.0. The summed E-state index contributed by atoms with van der Waals surface area (Å²) in [5.74, 6) is -1.61. The van der Waals surface area contributed by atoms with Gasteiger partial charge in [0.1, 0.15) is 0 Å². The second kappa shape index (κ2) is 8.22. The maximum Gasteiger partial charge on any atom is 0.220 e. The number of rotatable bonds is 6. The van der Waals surface area contributed by atoms with Crippen molar-refractivity contribution in [1.82, 2.24) is 10.6 Å². The molecule has 2 atom stereocenters. The number of amides is 1. The van der Waals surface area contributed by atoms with Gasteiger partial charge in [-0.05, 0) is 37.1 Å². The fourth-order valence-electron chi connectivity index (χ4n) is 2.97. The molecule has 2 N–H and O–H groups in total. The summed E-state index contributed by atoms with van der Waals surface area (Å²) in [6, 6.07) is 3.95. The van der Waals surface area contributed by atoms with Gasteiger partial charge in [0, 0.05) is 24.9 Å². The van der Waals surface area contributed by atoms with Gasteiger partial charge in [-0.25, -0.2) is 8.78 Å². The zero-order valence-corrected chi connectivity index (χ0v) is 13.0. The van der Waals surface area contributed by atoms with Crippen LogP contribution < -0.4 is 10.6 Å². The molecule has 2 rings (SSSR count). The maximum atomic E-state index is 13.5. The van der Waals surface area contributed by atoms with Crippen LogP contribution in [0.1, 0.15) is 50.5 Å². The summed E-state index contributed by atoms with van der Waals surface area (Å²) >= 11 is 0. The van der Waals surface area contributed by atoms with Gasteiger partial charge < -0.3 is 10.6 Å². The molecule has 0 bridgehead atoms. The Kier molecular flexibility index (Phi) is 6.31. The summed E-state index contributed by atoms with van der Waals surface area (Å²) in [5.41, 5.74) is 0.749. The molecule has 0 radical (unpaired) electrons. The van der Waals surface area contributed by atoms with Crippen LogP contribution in [0, 0.1) is 11.6 Å². The van der Waals surface area contributed by atoms with Crippen molar-refractivity contribution in [3.05, 3.63) is 35.4 Å². The lowest BCUT2D eigenvalue weighted by Gasteiger charge is -2.33. The van der Waals surface area contributed by atoms with Crippen LogP contribution in [0.4, 0.5) is 8.78 Å². The van der Waals surface area contributed by atoms with Crippen LogP contribution in [-0.4, -0.2) is 25.0 Å². The van der Waals surface area contributed by atoms with Gasteiger partial charge in [-0.2, -0.15) is 0 Å². The van der Waals surface area contributed by atoms with Crippen LogP contribution in [0.25, 0.3) is 0 Å². The molecular weight excluding hydrogens is 286 g/mol. The van der Waals surface area contributed by atoms with E-state index in [-0.39, 0.29) is 17.9 Å². The van der Waals surface area contributed by atoms with Crippen molar-refractivity contribution in [2.75, 3.05) is 13.1 Å². The van der Waals surface area contributed by atoms with Crippen LogP contribution >= 0.6 is 0 Å². The van der Waals surface area contributed by atoms with E-state index >= 15 is 0 Å². The van der Waals surface area contributed by atoms with Crippen LogP contribution in [0.15, 0.2) is 18.2 Å². The van der Waals surface area contributed by atoms with Crippen molar-refractivity contribution in [1.29, 1.82) is 0 Å². The Morgan fingerprint density at radius 3 is 2.86 bits per heavy atom. The van der Waals surface area contributed by atoms with E-state index in [4.69, 9.17) is 0 Å². The SMILES string of the molecule is CCCCCC(=O)NC1CNCCC1c1ccc(F)c(F)c1. The van der Waals surface area contributed by atoms with E-state index in [1.807, 2.05) is 0 Å². The normalized spacial score (nSPS) is 21.6. The Hall–Kier alpha value is -1.49. The smallest absolute Gasteiger partial charge is 0.220 e. The molecule has 0 aromatic heterocycles. The Labute approximate surface area is 130 Å². The van der Waals surface area contributed by atoms with Gasteiger partial charge >= 0.3 is 0 Å². The molecule has 3 nitrogen and oxygen atoms in total. The number of hydrogen-bond acceptors (Lipinski definition) is 2. The van der Waals surface area contributed by atoms with E-state index < -0.39 is 11.6 Å². The highest BCUT2D eigenvalue weighted by molar-refractivity contribution is 5.76. The third-order valence-electron chi connectivity index (χ3n) is 4.21. The number of carbonyl (C=O) groups is 1. The number of halogens is 2. The Morgan fingerprint density at radius 2 is 2.14 bits per heavy atom. The first-order valence-corrected chi connectivity index (χ1v) is 8.07. The molecule has 1 aromatic carbocycles. The molecule has 0 spiro atoms. The highest BCUT2D eigenvalue weighted by Crippen LogP contribution is 2.27. The van der Waals surface area contributed by atoms with Crippen molar-refractivity contribution in [2.45, 2.75) is 51.0 Å². The molecule has 2 unspecified atom stereocenters. The quantitative estimate of drug-likeness (QED) is 0.793. The Bertz CT molecular complexity index is 507. The van der Waals surface area contributed by atoms with Crippen molar-refractivity contribution in [3.8, 4) is 0 Å². The maximum absolute atomic E-state index is 13.5. The zero-order chi connectivity index (χ0) is 15.9. The molecule has 1 aliphatic rings. The second-order valence-electron chi connectivity index (χ2n) is 5.90. The van der Waals surface area contributed by atoms with E-state index in [0.29, 0.717) is 13.0 Å². The number of carbonyl (C=O) groups excluding carboxylic acids is 1. The monoisotopic (exact) mass is 310 g/mol. The summed E-state index contributed by atoms with van der Waals surface area (Å²) < 4.78 is 26.5. The fourth-order valence-corrected chi connectivity index (χ4v) is 2.97. The van der Waals surface area contributed by atoms with Gasteiger partial charge in [0.05, 0.1) is 0 Å². The average Bonchev–Trinajstić information content (AvgIpc) is 2.51. The van der Waals surface area contributed by atoms with Crippen molar-refractivity contribution < 1.29 is 13.6 Å². The molecule has 1 aliphatic heterocycles. The number of benzene rings is 1. The highest BCUT2D eigenvalue weighted by Gasteiger charge is 2.28. The van der Waals surface area contributed by atoms with Crippen molar-refractivity contribution >= 4 is 5.91 Å². The molecule has 1 fully saturated rings. The lowest BCUT2D eigenvalue weighted by atomic mass is 9.86. The summed E-state index contributed by atoms with van der Waals surface area (Å²) in [5, 5.41) is 6.29. The van der Waals surface area contributed by atoms with Crippen molar-refractivity contribution in [3.63, 3.8) is 0 Å². The fraction of sp³-hybridized carbons (Fsp3) is 0.588. The Balaban J connectivity index is 2.01. The molecule has 1 heterocycles. The third kappa shape index (κ3) is 4.50. The highest BCUT2D eigenvalue weighted by atomic mass is 19.2. The Morgan fingerprint density at radius 1 is 1.32 bits per heavy atom. The molecular formula is C17H24F2N2O. The molecule has 5 heteroatoms. The number of piperidine rings is 1. The molecule has 1 saturated heterocycles. The van der Waals surface area contributed by atoms with Gasteiger partial charge in [-0.1, -0.05) is 25.8 Å². The minimum atomic E-state index is -0.835. The lowest BCUT2D eigenvalue weighted by molar-refractivity contribution is -0.122. The minimum absolute atomic E-state index is 0.0199. The number of hydrogen-bond donors (Lipinski definition) is 2. The predicted octanol–water partition coefficient (Wildman–Crippen LogP) is 3.11. The predicted molar refractivity (Wildman–Crippen MR) is 82.7 cm³/mol. The molecule has 22 heavy (non-hydrogen) atoms. The molecule has 122 valence electrons. The van der Waals surface area contributed by atoms with Crippen LogP contribution in [0.5, 0.6) is 0 Å². The molecule has 0 saturated carbocycles. The first kappa shape index (κ1) is 16.9. The van der Waals surface area contributed by atoms with Gasteiger partial charge in [0.2, 0.25) is 5.91 Å². The van der Waals surface area contributed by atoms with E-state index in [9.17, 15) is 13.6 Å². The largest absolute Gasteiger partial charge is 0.351 e.